The van der Waals surface area contributed by atoms with E-state index in [1.54, 1.807) is 6.07 Å². The fourth-order valence-corrected chi connectivity index (χ4v) is 4.11. The van der Waals surface area contributed by atoms with Gasteiger partial charge in [-0.2, -0.15) is 0 Å². The van der Waals surface area contributed by atoms with E-state index in [-0.39, 0.29) is 18.0 Å². The molecule has 3 aromatic rings. The summed E-state index contributed by atoms with van der Waals surface area (Å²) in [5, 5.41) is 14.7. The van der Waals surface area contributed by atoms with Crippen LogP contribution in [0.3, 0.4) is 0 Å². The molecule has 0 bridgehead atoms. The summed E-state index contributed by atoms with van der Waals surface area (Å²) in [5.41, 5.74) is 5.05. The molecule has 5 heteroatoms. The highest BCUT2D eigenvalue weighted by Gasteiger charge is 2.28. The lowest BCUT2D eigenvalue weighted by atomic mass is 9.93. The van der Waals surface area contributed by atoms with Crippen LogP contribution in [0.1, 0.15) is 40.9 Å². The number of aryl methyl sites for hydroxylation is 1. The summed E-state index contributed by atoms with van der Waals surface area (Å²) in [5.74, 6) is 0.267. The van der Waals surface area contributed by atoms with Gasteiger partial charge in [-0.05, 0) is 36.8 Å². The molecule has 142 valence electrons. The third kappa shape index (κ3) is 4.00. The van der Waals surface area contributed by atoms with Crippen LogP contribution in [-0.4, -0.2) is 10.8 Å². The minimum atomic E-state index is -0.290. The van der Waals surface area contributed by atoms with Crippen molar-refractivity contribution >= 4 is 33.2 Å². The molecule has 3 nitrogen and oxygen atoms in total. The summed E-state index contributed by atoms with van der Waals surface area (Å²) < 4.78 is 0.927. The molecular weight excluding hydrogens is 436 g/mol. The number of phenolic OH excluding ortho intramolecular Hbond substituents is 1. The van der Waals surface area contributed by atoms with E-state index < -0.39 is 0 Å². The van der Waals surface area contributed by atoms with Gasteiger partial charge in [0.05, 0.1) is 0 Å². The number of hydrogen-bond donors (Lipinski definition) is 2. The zero-order valence-electron chi connectivity index (χ0n) is 15.4. The average Bonchev–Trinajstić information content (AvgIpc) is 2.70. The van der Waals surface area contributed by atoms with E-state index in [0.717, 1.165) is 26.9 Å². The molecule has 2 N–H and O–H groups in total. The molecule has 28 heavy (non-hydrogen) atoms. The van der Waals surface area contributed by atoms with Gasteiger partial charge in [0.2, 0.25) is 0 Å². The number of nitrogens with zero attached hydrogens (tertiary/aromatic N) is 1. The van der Waals surface area contributed by atoms with E-state index in [2.05, 4.69) is 52.4 Å². The predicted octanol–water partition coefficient (Wildman–Crippen LogP) is 6.34. The van der Waals surface area contributed by atoms with Crippen LogP contribution in [0.25, 0.3) is 0 Å². The fourth-order valence-electron chi connectivity index (χ4n) is 3.49. The van der Waals surface area contributed by atoms with Gasteiger partial charge in [0.25, 0.3) is 0 Å². The van der Waals surface area contributed by atoms with Crippen molar-refractivity contribution in [3.8, 4) is 5.75 Å². The number of aliphatic imine (C=N–C) groups is 1. The highest BCUT2D eigenvalue weighted by atomic mass is 79.9. The Kier molecular flexibility index (Phi) is 5.54. The van der Waals surface area contributed by atoms with Gasteiger partial charge in [-0.25, -0.2) is 0 Å². The number of aromatic hydroxyl groups is 1. The van der Waals surface area contributed by atoms with Crippen molar-refractivity contribution in [2.45, 2.75) is 25.6 Å². The molecular formula is C23H20BrClN2O. The van der Waals surface area contributed by atoms with Gasteiger partial charge in [-0.1, -0.05) is 75.6 Å². The molecule has 4 rings (SSSR count). The minimum absolute atomic E-state index is 0.0902. The Labute approximate surface area is 178 Å². The number of nitrogens with one attached hydrogen (secondary N) is 1. The van der Waals surface area contributed by atoms with Gasteiger partial charge in [0.1, 0.15) is 11.9 Å². The maximum absolute atomic E-state index is 10.5. The van der Waals surface area contributed by atoms with E-state index in [9.17, 15) is 5.11 Å². The highest BCUT2D eigenvalue weighted by Crippen LogP contribution is 2.37. The van der Waals surface area contributed by atoms with Crippen LogP contribution in [-0.2, 0) is 0 Å². The minimum Gasteiger partial charge on any atom is -0.508 e. The van der Waals surface area contributed by atoms with Crippen molar-refractivity contribution in [3.63, 3.8) is 0 Å². The number of halogens is 2. The fraction of sp³-hybridized carbons (Fsp3) is 0.174. The molecule has 1 aliphatic heterocycles. The smallest absolute Gasteiger partial charge is 0.127 e. The maximum Gasteiger partial charge on any atom is 0.127 e. The molecule has 1 aliphatic rings. The van der Waals surface area contributed by atoms with E-state index in [1.807, 2.05) is 36.4 Å². The molecule has 0 saturated carbocycles. The van der Waals surface area contributed by atoms with Crippen molar-refractivity contribution in [2.24, 2.45) is 4.99 Å². The van der Waals surface area contributed by atoms with E-state index >= 15 is 0 Å². The first-order chi connectivity index (χ1) is 13.5. The first-order valence-corrected chi connectivity index (χ1v) is 10.3. The Morgan fingerprint density at radius 2 is 1.79 bits per heavy atom. The second kappa shape index (κ2) is 8.08. The van der Waals surface area contributed by atoms with Gasteiger partial charge in [0.15, 0.2) is 0 Å². The van der Waals surface area contributed by atoms with Crippen LogP contribution in [0.2, 0.25) is 5.02 Å². The van der Waals surface area contributed by atoms with Gasteiger partial charge < -0.3 is 5.11 Å². The highest BCUT2D eigenvalue weighted by molar-refractivity contribution is 9.10. The summed E-state index contributed by atoms with van der Waals surface area (Å²) in [6.07, 6.45) is 0.385. The topological polar surface area (TPSA) is 44.6 Å². The molecule has 0 fully saturated rings. The lowest BCUT2D eigenvalue weighted by Crippen LogP contribution is -2.33. The van der Waals surface area contributed by atoms with Crippen molar-refractivity contribution in [1.82, 2.24) is 5.32 Å². The SMILES string of the molecule is Cc1ccc(C2=N[C@@H](c3ccccc3Cl)N[C@@H](c3cc(Br)ccc3O)C2)cc1. The maximum atomic E-state index is 10.5. The quantitative estimate of drug-likeness (QED) is 0.484. The Morgan fingerprint density at radius 1 is 1.04 bits per heavy atom. The van der Waals surface area contributed by atoms with E-state index in [1.165, 1.54) is 5.56 Å². The Morgan fingerprint density at radius 3 is 2.54 bits per heavy atom. The van der Waals surface area contributed by atoms with Crippen molar-refractivity contribution in [1.29, 1.82) is 0 Å². The van der Waals surface area contributed by atoms with Crippen LogP contribution in [0.15, 0.2) is 76.2 Å². The third-order valence-corrected chi connectivity index (χ3v) is 5.83. The molecule has 0 amide bonds. The summed E-state index contributed by atoms with van der Waals surface area (Å²) in [6, 6.07) is 21.5. The van der Waals surface area contributed by atoms with Gasteiger partial charge in [0, 0.05) is 38.8 Å². The van der Waals surface area contributed by atoms with Crippen LogP contribution in [0.4, 0.5) is 0 Å². The Balaban J connectivity index is 1.79. The molecule has 0 radical (unpaired) electrons. The Bertz CT molecular complexity index is 1030. The first-order valence-electron chi connectivity index (χ1n) is 9.14. The summed E-state index contributed by atoms with van der Waals surface area (Å²) in [6.45, 7) is 2.07. The number of rotatable bonds is 3. The first kappa shape index (κ1) is 19.2. The predicted molar refractivity (Wildman–Crippen MR) is 118 cm³/mol. The molecule has 1 heterocycles. The zero-order chi connectivity index (χ0) is 19.7. The molecule has 0 spiro atoms. The molecule has 3 aromatic carbocycles. The van der Waals surface area contributed by atoms with Crippen LogP contribution < -0.4 is 5.32 Å². The van der Waals surface area contributed by atoms with Crippen LogP contribution in [0, 0.1) is 6.92 Å². The third-order valence-electron chi connectivity index (χ3n) is 4.99. The molecule has 0 unspecified atom stereocenters. The van der Waals surface area contributed by atoms with Gasteiger partial charge in [-0.15, -0.1) is 0 Å². The number of hydrogen-bond acceptors (Lipinski definition) is 3. The molecule has 2 atom stereocenters. The number of benzene rings is 3. The summed E-state index contributed by atoms with van der Waals surface area (Å²) >= 11 is 9.97. The van der Waals surface area contributed by atoms with Crippen molar-refractivity contribution in [3.05, 3.63) is 98.5 Å². The lowest BCUT2D eigenvalue weighted by Gasteiger charge is -2.31. The van der Waals surface area contributed by atoms with Gasteiger partial charge in [-0.3, -0.25) is 10.3 Å². The Hall–Kier alpha value is -2.14. The van der Waals surface area contributed by atoms with E-state index in [4.69, 9.17) is 16.6 Å². The van der Waals surface area contributed by atoms with Crippen LogP contribution >= 0.6 is 27.5 Å². The second-order valence-corrected chi connectivity index (χ2v) is 8.32. The largest absolute Gasteiger partial charge is 0.508 e. The van der Waals surface area contributed by atoms with Crippen molar-refractivity contribution < 1.29 is 5.11 Å². The second-order valence-electron chi connectivity index (χ2n) is 6.99. The van der Waals surface area contributed by atoms with Gasteiger partial charge >= 0.3 is 0 Å². The monoisotopic (exact) mass is 454 g/mol. The lowest BCUT2D eigenvalue weighted by molar-refractivity contribution is 0.412. The molecule has 0 saturated heterocycles. The molecule has 0 aliphatic carbocycles. The van der Waals surface area contributed by atoms with Crippen LogP contribution in [0.5, 0.6) is 5.75 Å². The number of phenols is 1. The average molecular weight is 456 g/mol. The summed E-state index contributed by atoms with van der Waals surface area (Å²) in [4.78, 5) is 4.97. The standard InChI is InChI=1S/C23H20BrClN2O/c1-14-6-8-15(9-7-14)20-13-21(18-12-16(24)10-11-22(18)28)27-23(26-20)17-4-2-3-5-19(17)25/h2-12,21,23,27-28H,13H2,1H3/t21-,23-/m1/s1. The normalized spacial score (nSPS) is 19.3. The van der Waals surface area contributed by atoms with E-state index in [0.29, 0.717) is 11.4 Å². The zero-order valence-corrected chi connectivity index (χ0v) is 17.7. The van der Waals surface area contributed by atoms with Crippen molar-refractivity contribution in [2.75, 3.05) is 0 Å². The molecule has 0 aromatic heterocycles. The summed E-state index contributed by atoms with van der Waals surface area (Å²) in [7, 11) is 0.